The van der Waals surface area contributed by atoms with E-state index in [1.54, 1.807) is 62.4 Å². The molecule has 21 heavy (non-hydrogen) atoms. The van der Waals surface area contributed by atoms with Crippen LogP contribution in [-0.2, 0) is 4.79 Å². The molecule has 0 fully saturated rings. The number of carbonyl (C=O) groups excluding carboxylic acids is 2. The standard InChI is InChI=1S/C17H16O4/c1-12(2)16(18)20-14-10-6-7-11-15(14)21-17(19)13-8-4-3-5-9-13/h3-12H,1-2H3. The highest BCUT2D eigenvalue weighted by atomic mass is 16.6. The van der Waals surface area contributed by atoms with E-state index in [0.29, 0.717) is 5.56 Å². The van der Waals surface area contributed by atoms with Crippen molar-refractivity contribution in [3.8, 4) is 11.5 Å². The number of rotatable bonds is 4. The van der Waals surface area contributed by atoms with Crippen molar-refractivity contribution in [1.82, 2.24) is 0 Å². The van der Waals surface area contributed by atoms with Crippen molar-refractivity contribution in [3.05, 3.63) is 60.2 Å². The van der Waals surface area contributed by atoms with Crippen molar-refractivity contribution in [2.45, 2.75) is 13.8 Å². The van der Waals surface area contributed by atoms with Gasteiger partial charge in [-0.05, 0) is 24.3 Å². The molecule has 4 heteroatoms. The van der Waals surface area contributed by atoms with Gasteiger partial charge in [-0.2, -0.15) is 0 Å². The van der Waals surface area contributed by atoms with Crippen LogP contribution in [0.3, 0.4) is 0 Å². The van der Waals surface area contributed by atoms with Crippen LogP contribution in [0, 0.1) is 5.92 Å². The number of carbonyl (C=O) groups is 2. The third-order valence-electron chi connectivity index (χ3n) is 2.74. The number of esters is 2. The Hall–Kier alpha value is -2.62. The molecule has 0 saturated heterocycles. The first-order valence-corrected chi connectivity index (χ1v) is 6.66. The third-order valence-corrected chi connectivity index (χ3v) is 2.74. The highest BCUT2D eigenvalue weighted by Crippen LogP contribution is 2.28. The lowest BCUT2D eigenvalue weighted by molar-refractivity contribution is -0.137. The van der Waals surface area contributed by atoms with E-state index in [0.717, 1.165) is 0 Å². The Bertz CT molecular complexity index is 632. The smallest absolute Gasteiger partial charge is 0.343 e. The molecule has 0 aliphatic carbocycles. The second-order valence-electron chi connectivity index (χ2n) is 4.78. The molecule has 0 N–H and O–H groups in total. The molecule has 2 aromatic carbocycles. The zero-order chi connectivity index (χ0) is 15.2. The van der Waals surface area contributed by atoms with Crippen molar-refractivity contribution in [2.75, 3.05) is 0 Å². The SMILES string of the molecule is CC(C)C(=O)Oc1ccccc1OC(=O)c1ccccc1. The summed E-state index contributed by atoms with van der Waals surface area (Å²) in [4.78, 5) is 23.7. The molecular formula is C17H16O4. The van der Waals surface area contributed by atoms with Gasteiger partial charge < -0.3 is 9.47 Å². The largest absolute Gasteiger partial charge is 0.422 e. The Morgan fingerprint density at radius 3 is 1.90 bits per heavy atom. The Labute approximate surface area is 123 Å². The zero-order valence-corrected chi connectivity index (χ0v) is 11.9. The van der Waals surface area contributed by atoms with E-state index >= 15 is 0 Å². The normalized spacial score (nSPS) is 10.2. The first-order valence-electron chi connectivity index (χ1n) is 6.66. The van der Waals surface area contributed by atoms with Crippen LogP contribution in [0.25, 0.3) is 0 Å². The quantitative estimate of drug-likeness (QED) is 0.637. The molecule has 0 spiro atoms. The molecule has 0 amide bonds. The Morgan fingerprint density at radius 1 is 0.810 bits per heavy atom. The van der Waals surface area contributed by atoms with Gasteiger partial charge >= 0.3 is 11.9 Å². The van der Waals surface area contributed by atoms with Crippen LogP contribution in [0.2, 0.25) is 0 Å². The maximum Gasteiger partial charge on any atom is 0.343 e. The molecular weight excluding hydrogens is 268 g/mol. The fourth-order valence-electron chi connectivity index (χ4n) is 1.58. The van der Waals surface area contributed by atoms with E-state index < -0.39 is 5.97 Å². The average Bonchev–Trinajstić information content (AvgIpc) is 2.50. The van der Waals surface area contributed by atoms with Gasteiger partial charge in [0.05, 0.1) is 11.5 Å². The van der Waals surface area contributed by atoms with Crippen LogP contribution < -0.4 is 9.47 Å². The number of hydrogen-bond donors (Lipinski definition) is 0. The highest BCUT2D eigenvalue weighted by molar-refractivity contribution is 5.91. The molecule has 108 valence electrons. The average molecular weight is 284 g/mol. The molecule has 0 unspecified atom stereocenters. The lowest BCUT2D eigenvalue weighted by Gasteiger charge is -2.11. The summed E-state index contributed by atoms with van der Waals surface area (Å²) in [7, 11) is 0. The second kappa shape index (κ2) is 6.70. The van der Waals surface area contributed by atoms with Gasteiger partial charge in [-0.25, -0.2) is 4.79 Å². The van der Waals surface area contributed by atoms with Gasteiger partial charge in [0.1, 0.15) is 0 Å². The zero-order valence-electron chi connectivity index (χ0n) is 11.9. The minimum absolute atomic E-state index is 0.223. The van der Waals surface area contributed by atoms with E-state index in [4.69, 9.17) is 9.47 Å². The Kier molecular flexibility index (Phi) is 4.72. The fourth-order valence-corrected chi connectivity index (χ4v) is 1.58. The molecule has 0 aliphatic rings. The fraction of sp³-hybridized carbons (Fsp3) is 0.176. The Balaban J connectivity index is 2.17. The van der Waals surface area contributed by atoms with E-state index in [9.17, 15) is 9.59 Å². The Morgan fingerprint density at radius 2 is 1.33 bits per heavy atom. The lowest BCUT2D eigenvalue weighted by Crippen LogP contribution is -2.16. The van der Waals surface area contributed by atoms with E-state index in [1.807, 2.05) is 6.07 Å². The molecule has 0 aromatic heterocycles. The second-order valence-corrected chi connectivity index (χ2v) is 4.78. The summed E-state index contributed by atoms with van der Waals surface area (Å²) < 4.78 is 10.5. The molecule has 0 radical (unpaired) electrons. The van der Waals surface area contributed by atoms with Crippen LogP contribution in [0.5, 0.6) is 11.5 Å². The third kappa shape index (κ3) is 3.92. The van der Waals surface area contributed by atoms with Crippen molar-refractivity contribution in [1.29, 1.82) is 0 Å². The molecule has 0 aliphatic heterocycles. The molecule has 2 aromatic rings. The topological polar surface area (TPSA) is 52.6 Å². The summed E-state index contributed by atoms with van der Waals surface area (Å²) in [5, 5.41) is 0. The van der Waals surface area contributed by atoms with Crippen LogP contribution in [0.15, 0.2) is 54.6 Å². The van der Waals surface area contributed by atoms with Crippen molar-refractivity contribution in [3.63, 3.8) is 0 Å². The summed E-state index contributed by atoms with van der Waals surface area (Å²) in [6.45, 7) is 3.47. The van der Waals surface area contributed by atoms with Gasteiger partial charge in [0.25, 0.3) is 0 Å². The molecule has 2 rings (SSSR count). The lowest BCUT2D eigenvalue weighted by atomic mass is 10.2. The molecule has 4 nitrogen and oxygen atoms in total. The van der Waals surface area contributed by atoms with Gasteiger partial charge in [0.15, 0.2) is 11.5 Å². The van der Waals surface area contributed by atoms with Gasteiger partial charge in [-0.15, -0.1) is 0 Å². The van der Waals surface area contributed by atoms with Gasteiger partial charge in [0, 0.05) is 0 Å². The minimum atomic E-state index is -0.497. The van der Waals surface area contributed by atoms with E-state index in [-0.39, 0.29) is 23.4 Å². The number of benzene rings is 2. The number of hydrogen-bond acceptors (Lipinski definition) is 4. The predicted molar refractivity (Wildman–Crippen MR) is 78.3 cm³/mol. The molecule has 0 bridgehead atoms. The van der Waals surface area contributed by atoms with Crippen molar-refractivity contribution < 1.29 is 19.1 Å². The van der Waals surface area contributed by atoms with Gasteiger partial charge in [-0.1, -0.05) is 44.2 Å². The summed E-state index contributed by atoms with van der Waals surface area (Å²) in [6, 6.07) is 15.2. The van der Waals surface area contributed by atoms with Gasteiger partial charge in [0.2, 0.25) is 0 Å². The maximum atomic E-state index is 12.0. The van der Waals surface area contributed by atoms with Crippen LogP contribution in [0.1, 0.15) is 24.2 Å². The molecule has 0 saturated carbocycles. The van der Waals surface area contributed by atoms with Crippen LogP contribution in [-0.4, -0.2) is 11.9 Å². The first-order chi connectivity index (χ1) is 10.1. The van der Waals surface area contributed by atoms with Gasteiger partial charge in [-0.3, -0.25) is 4.79 Å². The minimum Gasteiger partial charge on any atom is -0.422 e. The van der Waals surface area contributed by atoms with Crippen LogP contribution >= 0.6 is 0 Å². The molecule has 0 atom stereocenters. The summed E-state index contributed by atoms with van der Waals surface area (Å²) >= 11 is 0. The van der Waals surface area contributed by atoms with Crippen molar-refractivity contribution in [2.24, 2.45) is 5.92 Å². The number of para-hydroxylation sites is 2. The first kappa shape index (κ1) is 14.8. The predicted octanol–water partition coefficient (Wildman–Crippen LogP) is 3.47. The number of ether oxygens (including phenoxy) is 2. The maximum absolute atomic E-state index is 12.0. The summed E-state index contributed by atoms with van der Waals surface area (Å²) in [6.07, 6.45) is 0. The van der Waals surface area contributed by atoms with Crippen molar-refractivity contribution >= 4 is 11.9 Å². The summed E-state index contributed by atoms with van der Waals surface area (Å²) in [5.41, 5.74) is 0.433. The molecule has 0 heterocycles. The van der Waals surface area contributed by atoms with Crippen LogP contribution in [0.4, 0.5) is 0 Å². The monoisotopic (exact) mass is 284 g/mol. The highest BCUT2D eigenvalue weighted by Gasteiger charge is 2.16. The van der Waals surface area contributed by atoms with E-state index in [1.165, 1.54) is 0 Å². The van der Waals surface area contributed by atoms with E-state index in [2.05, 4.69) is 0 Å². The summed E-state index contributed by atoms with van der Waals surface area (Å²) in [5.74, 6) is -0.675.